The Bertz CT molecular complexity index is 1700. The van der Waals surface area contributed by atoms with E-state index in [-0.39, 0.29) is 5.75 Å². The topological polar surface area (TPSA) is 117 Å². The first-order valence-electron chi connectivity index (χ1n) is 12.9. The molecule has 0 bridgehead atoms. The molecule has 0 fully saturated rings. The van der Waals surface area contributed by atoms with E-state index in [1.54, 1.807) is 6.20 Å². The van der Waals surface area contributed by atoms with Gasteiger partial charge in [-0.25, -0.2) is 23.1 Å². The van der Waals surface area contributed by atoms with Gasteiger partial charge in [-0.1, -0.05) is 42.5 Å². The number of hydrogen-bond donors (Lipinski definition) is 3. The van der Waals surface area contributed by atoms with Crippen molar-refractivity contribution in [2.45, 2.75) is 13.0 Å². The lowest BCUT2D eigenvalue weighted by Gasteiger charge is -2.19. The normalized spacial score (nSPS) is 11.5. The summed E-state index contributed by atoms with van der Waals surface area (Å²) in [5.41, 5.74) is 5.81. The van der Waals surface area contributed by atoms with Crippen LogP contribution in [0.3, 0.4) is 0 Å². The summed E-state index contributed by atoms with van der Waals surface area (Å²) >= 11 is 0. The van der Waals surface area contributed by atoms with E-state index in [9.17, 15) is 8.42 Å². The van der Waals surface area contributed by atoms with Crippen molar-refractivity contribution in [2.75, 3.05) is 35.4 Å². The summed E-state index contributed by atoms with van der Waals surface area (Å²) in [6.45, 7) is 0.697. The number of fused-ring (bicyclic) bond motifs is 1. The number of sulfonamides is 1. The number of aromatic nitrogens is 4. The second-order valence-electron chi connectivity index (χ2n) is 9.40. The third-order valence-corrected chi connectivity index (χ3v) is 8.07. The summed E-state index contributed by atoms with van der Waals surface area (Å²) in [6, 6.07) is 25.8. The van der Waals surface area contributed by atoms with Crippen molar-refractivity contribution in [3.8, 4) is 0 Å². The van der Waals surface area contributed by atoms with Crippen molar-refractivity contribution in [1.82, 2.24) is 24.2 Å². The maximum absolute atomic E-state index is 11.7. The van der Waals surface area contributed by atoms with Gasteiger partial charge >= 0.3 is 0 Å². The highest BCUT2D eigenvalue weighted by Crippen LogP contribution is 2.28. The number of nitrogens with one attached hydrogen (secondary N) is 3. The fourth-order valence-electron chi connectivity index (χ4n) is 4.30. The van der Waals surface area contributed by atoms with Gasteiger partial charge < -0.3 is 20.1 Å². The maximum Gasteiger partial charge on any atom is 0.229 e. The summed E-state index contributed by atoms with van der Waals surface area (Å²) in [5, 5.41) is 6.65. The lowest BCUT2D eigenvalue weighted by molar-refractivity contribution is 0.587. The number of imidazole rings is 1. The third-order valence-electron chi connectivity index (χ3n) is 6.71. The molecule has 0 unspecified atom stereocenters. The molecule has 0 amide bonds. The van der Waals surface area contributed by atoms with Gasteiger partial charge in [-0.2, -0.15) is 4.98 Å². The Morgan fingerprint density at radius 1 is 0.925 bits per heavy atom. The van der Waals surface area contributed by atoms with Crippen LogP contribution in [0.2, 0.25) is 0 Å². The zero-order valence-corrected chi connectivity index (χ0v) is 23.5. The zero-order valence-electron chi connectivity index (χ0n) is 22.7. The molecule has 5 rings (SSSR count). The van der Waals surface area contributed by atoms with E-state index in [1.165, 1.54) is 12.6 Å². The molecule has 0 spiro atoms. The number of nitrogens with zero attached hydrogens (tertiary/aromatic N) is 5. The van der Waals surface area contributed by atoms with Crippen LogP contribution in [-0.4, -0.2) is 47.8 Å². The molecule has 2 heterocycles. The minimum Gasteiger partial charge on any atom is -0.352 e. The van der Waals surface area contributed by atoms with Gasteiger partial charge in [-0.15, -0.1) is 0 Å². The Labute approximate surface area is 234 Å². The van der Waals surface area contributed by atoms with E-state index in [4.69, 9.17) is 9.97 Å². The van der Waals surface area contributed by atoms with Gasteiger partial charge in [-0.3, -0.25) is 0 Å². The van der Waals surface area contributed by atoms with Crippen LogP contribution in [0.5, 0.6) is 0 Å². The molecular formula is C29H32N8O2S. The van der Waals surface area contributed by atoms with Crippen molar-refractivity contribution in [3.05, 3.63) is 96.2 Å². The fraction of sp³-hybridized carbons (Fsp3) is 0.207. The van der Waals surface area contributed by atoms with Gasteiger partial charge in [0.2, 0.25) is 21.9 Å². The van der Waals surface area contributed by atoms with Crippen LogP contribution in [-0.2, 0) is 30.0 Å². The molecule has 0 aliphatic rings. The molecule has 0 aliphatic heterocycles. The molecule has 206 valence electrons. The van der Waals surface area contributed by atoms with Gasteiger partial charge in [0.15, 0.2) is 0 Å². The Morgan fingerprint density at radius 2 is 1.70 bits per heavy atom. The van der Waals surface area contributed by atoms with Gasteiger partial charge in [0.25, 0.3) is 0 Å². The van der Waals surface area contributed by atoms with Gasteiger partial charge in [0.1, 0.15) is 5.82 Å². The quantitative estimate of drug-likeness (QED) is 0.217. The first kappa shape index (κ1) is 27.1. The van der Waals surface area contributed by atoms with Crippen molar-refractivity contribution in [2.24, 2.45) is 7.05 Å². The molecule has 11 heteroatoms. The first-order chi connectivity index (χ1) is 19.3. The van der Waals surface area contributed by atoms with Crippen molar-refractivity contribution < 1.29 is 8.42 Å². The average Bonchev–Trinajstić information content (AvgIpc) is 3.30. The summed E-state index contributed by atoms with van der Waals surface area (Å²) in [7, 11) is 2.15. The number of aryl methyl sites for hydroxylation is 2. The Balaban J connectivity index is 1.27. The van der Waals surface area contributed by atoms with E-state index in [2.05, 4.69) is 43.1 Å². The van der Waals surface area contributed by atoms with Gasteiger partial charge in [0.05, 0.1) is 16.8 Å². The monoisotopic (exact) mass is 556 g/mol. The van der Waals surface area contributed by atoms with E-state index < -0.39 is 10.0 Å². The second kappa shape index (κ2) is 11.7. The Hall–Kier alpha value is -4.48. The Morgan fingerprint density at radius 3 is 2.45 bits per heavy atom. The molecule has 2 aromatic heterocycles. The molecule has 40 heavy (non-hydrogen) atoms. The number of benzene rings is 3. The summed E-state index contributed by atoms with van der Waals surface area (Å²) in [6.07, 6.45) is 2.15. The van der Waals surface area contributed by atoms with E-state index in [0.717, 1.165) is 39.7 Å². The molecule has 0 radical (unpaired) electrons. The molecule has 0 aliphatic carbocycles. The van der Waals surface area contributed by atoms with Crippen molar-refractivity contribution >= 4 is 50.1 Å². The van der Waals surface area contributed by atoms with Crippen LogP contribution < -0.4 is 20.3 Å². The van der Waals surface area contributed by atoms with Gasteiger partial charge in [-0.05, 0) is 61.0 Å². The molecule has 0 saturated carbocycles. The standard InChI is InChI=1S/C29H32N8O2S/c1-30-40(38,39)18-16-21-9-11-23(12-10-21)33-28-31-17-15-27(35-28)36(2)24-13-14-26-25(19-24)34-29(37(26)3)32-20-22-7-5-4-6-8-22/h4-15,17,19,30H,16,18,20H2,1-3H3,(H,32,34)(H,31,33,35). The van der Waals surface area contributed by atoms with Crippen LogP contribution in [0.15, 0.2) is 85.1 Å². The van der Waals surface area contributed by atoms with Crippen LogP contribution in [0.4, 0.5) is 29.1 Å². The second-order valence-corrected chi connectivity index (χ2v) is 11.4. The predicted octanol–water partition coefficient (Wildman–Crippen LogP) is 4.58. The summed E-state index contributed by atoms with van der Waals surface area (Å²) in [5.74, 6) is 2.04. The number of anilines is 5. The maximum atomic E-state index is 11.7. The molecule has 0 saturated heterocycles. The predicted molar refractivity (Wildman–Crippen MR) is 161 cm³/mol. The summed E-state index contributed by atoms with van der Waals surface area (Å²) < 4.78 is 27.7. The molecular weight excluding hydrogens is 524 g/mol. The van der Waals surface area contributed by atoms with Crippen LogP contribution in [0.1, 0.15) is 11.1 Å². The molecule has 5 aromatic rings. The fourth-order valence-corrected chi connectivity index (χ4v) is 5.01. The van der Waals surface area contributed by atoms with Crippen molar-refractivity contribution in [1.29, 1.82) is 0 Å². The zero-order chi connectivity index (χ0) is 28.1. The highest BCUT2D eigenvalue weighted by atomic mass is 32.2. The van der Waals surface area contributed by atoms with E-state index in [0.29, 0.717) is 18.9 Å². The highest BCUT2D eigenvalue weighted by Gasteiger charge is 2.13. The smallest absolute Gasteiger partial charge is 0.229 e. The first-order valence-corrected chi connectivity index (χ1v) is 14.5. The van der Waals surface area contributed by atoms with E-state index in [1.807, 2.05) is 79.7 Å². The minimum absolute atomic E-state index is 0.0452. The van der Waals surface area contributed by atoms with Crippen LogP contribution in [0.25, 0.3) is 11.0 Å². The molecule has 3 N–H and O–H groups in total. The molecule has 3 aromatic carbocycles. The van der Waals surface area contributed by atoms with Gasteiger partial charge in [0, 0.05) is 38.2 Å². The summed E-state index contributed by atoms with van der Waals surface area (Å²) in [4.78, 5) is 15.9. The molecule has 0 atom stereocenters. The van der Waals surface area contributed by atoms with E-state index >= 15 is 0 Å². The highest BCUT2D eigenvalue weighted by molar-refractivity contribution is 7.89. The number of hydrogen-bond acceptors (Lipinski definition) is 8. The van der Waals surface area contributed by atoms with Crippen LogP contribution >= 0.6 is 0 Å². The molecule has 10 nitrogen and oxygen atoms in total. The SMILES string of the molecule is CNS(=O)(=O)CCc1ccc(Nc2nccc(N(C)c3ccc4c(c3)nc(NCc3ccccc3)n4C)n2)cc1. The minimum atomic E-state index is -3.24. The van der Waals surface area contributed by atoms with Crippen molar-refractivity contribution in [3.63, 3.8) is 0 Å². The lowest BCUT2D eigenvalue weighted by atomic mass is 10.1. The Kier molecular flexibility index (Phi) is 7.94. The number of rotatable bonds is 11. The van der Waals surface area contributed by atoms with Crippen LogP contribution in [0, 0.1) is 0 Å². The third kappa shape index (κ3) is 6.38. The largest absolute Gasteiger partial charge is 0.352 e. The lowest BCUT2D eigenvalue weighted by Crippen LogP contribution is -2.23. The average molecular weight is 557 g/mol.